The largest absolute Gasteiger partial charge is 0.273 e. The van der Waals surface area contributed by atoms with Gasteiger partial charge in [-0.3, -0.25) is 0 Å². The molecular formula is C12H13ClF2. The van der Waals surface area contributed by atoms with Crippen molar-refractivity contribution in [2.45, 2.75) is 38.5 Å². The first-order chi connectivity index (χ1) is 6.93. The lowest BCUT2D eigenvalue weighted by atomic mass is 9.98. The second-order valence-electron chi connectivity index (χ2n) is 4.35. The number of halogens is 3. The predicted octanol–water partition coefficient (Wildman–Crippen LogP) is 4.50. The minimum absolute atomic E-state index is 0.108. The van der Waals surface area contributed by atoms with E-state index in [0.717, 1.165) is 5.56 Å². The summed E-state index contributed by atoms with van der Waals surface area (Å²) in [5.74, 6) is -2.41. The van der Waals surface area contributed by atoms with E-state index in [9.17, 15) is 8.78 Å². The molecule has 15 heavy (non-hydrogen) atoms. The summed E-state index contributed by atoms with van der Waals surface area (Å²) in [4.78, 5) is 0. The molecule has 0 saturated carbocycles. The fourth-order valence-corrected chi connectivity index (χ4v) is 2.57. The molecule has 1 aliphatic carbocycles. The third-order valence-corrected chi connectivity index (χ3v) is 3.42. The monoisotopic (exact) mass is 230 g/mol. The minimum Gasteiger partial charge on any atom is -0.201 e. The number of benzene rings is 1. The van der Waals surface area contributed by atoms with E-state index < -0.39 is 5.92 Å². The van der Waals surface area contributed by atoms with E-state index in [0.29, 0.717) is 17.0 Å². The van der Waals surface area contributed by atoms with Crippen LogP contribution in [0.25, 0.3) is 0 Å². The van der Waals surface area contributed by atoms with Crippen LogP contribution in [-0.4, -0.2) is 0 Å². The summed E-state index contributed by atoms with van der Waals surface area (Å²) in [6.07, 6.45) is 0.283. The minimum atomic E-state index is -2.69. The quantitative estimate of drug-likeness (QED) is 0.666. The van der Waals surface area contributed by atoms with Crippen LogP contribution >= 0.6 is 11.6 Å². The summed E-state index contributed by atoms with van der Waals surface area (Å²) in [6, 6.07) is 3.26. The van der Waals surface area contributed by atoms with Gasteiger partial charge >= 0.3 is 0 Å². The molecule has 0 fully saturated rings. The van der Waals surface area contributed by atoms with Crippen molar-refractivity contribution < 1.29 is 8.78 Å². The van der Waals surface area contributed by atoms with E-state index in [1.165, 1.54) is 6.07 Å². The highest BCUT2D eigenvalue weighted by molar-refractivity contribution is 6.32. The predicted molar refractivity (Wildman–Crippen MR) is 57.8 cm³/mol. The summed E-state index contributed by atoms with van der Waals surface area (Å²) in [5, 5.41) is 0.541. The zero-order chi connectivity index (χ0) is 11.2. The zero-order valence-electron chi connectivity index (χ0n) is 8.78. The van der Waals surface area contributed by atoms with Gasteiger partial charge < -0.3 is 0 Å². The second kappa shape index (κ2) is 3.44. The van der Waals surface area contributed by atoms with E-state index in [2.05, 4.69) is 0 Å². The molecule has 0 saturated heterocycles. The van der Waals surface area contributed by atoms with E-state index in [1.54, 1.807) is 6.07 Å². The first-order valence-electron chi connectivity index (χ1n) is 5.13. The molecule has 82 valence electrons. The van der Waals surface area contributed by atoms with Gasteiger partial charge in [0.25, 0.3) is 5.92 Å². The third kappa shape index (κ3) is 1.65. The molecule has 0 radical (unpaired) electrons. The van der Waals surface area contributed by atoms with Gasteiger partial charge in [0.15, 0.2) is 0 Å². The number of rotatable bonds is 1. The highest BCUT2D eigenvalue weighted by atomic mass is 35.5. The second-order valence-corrected chi connectivity index (χ2v) is 4.73. The van der Waals surface area contributed by atoms with Gasteiger partial charge in [-0.2, -0.15) is 0 Å². The molecule has 0 aliphatic heterocycles. The van der Waals surface area contributed by atoms with Crippen LogP contribution in [0, 0.1) is 0 Å². The van der Waals surface area contributed by atoms with E-state index in [1.807, 2.05) is 13.8 Å². The molecular weight excluding hydrogens is 218 g/mol. The van der Waals surface area contributed by atoms with Gasteiger partial charge in [-0.25, -0.2) is 8.78 Å². The van der Waals surface area contributed by atoms with Crippen LogP contribution < -0.4 is 0 Å². The average molecular weight is 231 g/mol. The van der Waals surface area contributed by atoms with Gasteiger partial charge in [-0.1, -0.05) is 37.6 Å². The van der Waals surface area contributed by atoms with Gasteiger partial charge in [-0.05, 0) is 23.5 Å². The van der Waals surface area contributed by atoms with E-state index in [4.69, 9.17) is 11.6 Å². The Morgan fingerprint density at radius 3 is 2.60 bits per heavy atom. The van der Waals surface area contributed by atoms with Crippen LogP contribution in [0.4, 0.5) is 8.78 Å². The molecule has 0 bridgehead atoms. The first kappa shape index (κ1) is 10.9. The zero-order valence-corrected chi connectivity index (χ0v) is 9.54. The summed E-state index contributed by atoms with van der Waals surface area (Å²) < 4.78 is 26.8. The number of hydrogen-bond donors (Lipinski definition) is 0. The highest BCUT2D eigenvalue weighted by Gasteiger charge is 2.40. The Bertz CT molecular complexity index is 397. The molecule has 1 aromatic rings. The van der Waals surface area contributed by atoms with Crippen LogP contribution in [0.5, 0.6) is 0 Å². The number of fused-ring (bicyclic) bond motifs is 1. The highest BCUT2D eigenvalue weighted by Crippen LogP contribution is 2.45. The van der Waals surface area contributed by atoms with Crippen LogP contribution in [-0.2, 0) is 12.3 Å². The molecule has 0 nitrogen and oxygen atoms in total. The Morgan fingerprint density at radius 2 is 2.00 bits per heavy atom. The van der Waals surface area contributed by atoms with Gasteiger partial charge in [0.1, 0.15) is 0 Å². The van der Waals surface area contributed by atoms with Gasteiger partial charge in [0.2, 0.25) is 0 Å². The molecule has 2 rings (SSSR count). The van der Waals surface area contributed by atoms with Gasteiger partial charge in [-0.15, -0.1) is 0 Å². The number of alkyl halides is 2. The van der Waals surface area contributed by atoms with Gasteiger partial charge in [0, 0.05) is 17.0 Å². The first-order valence-corrected chi connectivity index (χ1v) is 5.51. The van der Waals surface area contributed by atoms with E-state index in [-0.39, 0.29) is 17.9 Å². The van der Waals surface area contributed by atoms with Crippen molar-refractivity contribution >= 4 is 11.6 Å². The molecule has 0 spiro atoms. The normalized spacial score (nSPS) is 18.3. The topological polar surface area (TPSA) is 0 Å². The molecule has 0 heterocycles. The summed E-state index contributed by atoms with van der Waals surface area (Å²) >= 11 is 6.14. The molecule has 0 N–H and O–H groups in total. The third-order valence-electron chi connectivity index (χ3n) is 2.98. The lowest BCUT2D eigenvalue weighted by Gasteiger charge is -2.14. The van der Waals surface area contributed by atoms with Crippen molar-refractivity contribution in [3.63, 3.8) is 0 Å². The molecule has 3 heteroatoms. The average Bonchev–Trinajstić information content (AvgIpc) is 2.43. The Kier molecular flexibility index (Phi) is 2.50. The molecule has 1 aromatic carbocycles. The maximum atomic E-state index is 13.4. The number of hydrogen-bond acceptors (Lipinski definition) is 0. The van der Waals surface area contributed by atoms with Crippen LogP contribution in [0.15, 0.2) is 12.1 Å². The fraction of sp³-hybridized carbons (Fsp3) is 0.500. The fourth-order valence-electron chi connectivity index (χ4n) is 2.09. The van der Waals surface area contributed by atoms with Crippen molar-refractivity contribution in [1.29, 1.82) is 0 Å². The molecule has 0 unspecified atom stereocenters. The van der Waals surface area contributed by atoms with Crippen LogP contribution in [0.3, 0.4) is 0 Å². The lowest BCUT2D eigenvalue weighted by molar-refractivity contribution is -0.00184. The lowest BCUT2D eigenvalue weighted by Crippen LogP contribution is -2.07. The van der Waals surface area contributed by atoms with Crippen molar-refractivity contribution in [2.75, 3.05) is 0 Å². The van der Waals surface area contributed by atoms with E-state index >= 15 is 0 Å². The molecule has 0 aromatic heterocycles. The Hall–Kier alpha value is -0.630. The Morgan fingerprint density at radius 1 is 1.33 bits per heavy atom. The molecule has 0 atom stereocenters. The SMILES string of the molecule is CC(C)c1ccc2c(c1Cl)CCC2(F)F. The standard InChI is InChI=1S/C12H13ClF2/c1-7(2)8-3-4-10-9(11(8)13)5-6-12(10,14)15/h3-4,7H,5-6H2,1-2H3. The Labute approximate surface area is 93.2 Å². The smallest absolute Gasteiger partial charge is 0.201 e. The van der Waals surface area contributed by atoms with Crippen LogP contribution in [0.1, 0.15) is 42.9 Å². The molecule has 0 amide bonds. The van der Waals surface area contributed by atoms with Crippen molar-refractivity contribution in [2.24, 2.45) is 0 Å². The Balaban J connectivity index is 2.57. The maximum Gasteiger partial charge on any atom is 0.273 e. The van der Waals surface area contributed by atoms with Gasteiger partial charge in [0.05, 0.1) is 0 Å². The van der Waals surface area contributed by atoms with Crippen LogP contribution in [0.2, 0.25) is 5.02 Å². The summed E-state index contributed by atoms with van der Waals surface area (Å²) in [7, 11) is 0. The summed E-state index contributed by atoms with van der Waals surface area (Å²) in [5.41, 5.74) is 1.73. The van der Waals surface area contributed by atoms with Crippen molar-refractivity contribution in [3.8, 4) is 0 Å². The van der Waals surface area contributed by atoms with Crippen molar-refractivity contribution in [3.05, 3.63) is 33.8 Å². The van der Waals surface area contributed by atoms with Crippen molar-refractivity contribution in [1.82, 2.24) is 0 Å². The molecule has 1 aliphatic rings. The maximum absolute atomic E-state index is 13.4. The summed E-state index contributed by atoms with van der Waals surface area (Å²) in [6.45, 7) is 4.03.